The minimum atomic E-state index is 0.606. The summed E-state index contributed by atoms with van der Waals surface area (Å²) in [6.45, 7) is 8.26. The number of rotatable bonds is 11. The van der Waals surface area contributed by atoms with Crippen molar-refractivity contribution in [2.75, 3.05) is 46.1 Å². The van der Waals surface area contributed by atoms with E-state index in [1.807, 2.05) is 0 Å². The summed E-state index contributed by atoms with van der Waals surface area (Å²) in [6, 6.07) is 0. The summed E-state index contributed by atoms with van der Waals surface area (Å²) in [4.78, 5) is 4.60. The van der Waals surface area contributed by atoms with Gasteiger partial charge in [-0.2, -0.15) is 0 Å². The molecule has 0 spiro atoms. The summed E-state index contributed by atoms with van der Waals surface area (Å²) in [6.07, 6.45) is 7.63. The Morgan fingerprint density at radius 3 is 2.82 bits per heavy atom. The molecule has 2 rings (SSSR count). The van der Waals surface area contributed by atoms with Crippen molar-refractivity contribution in [2.24, 2.45) is 16.8 Å². The number of aliphatic imine (C=N–C) groups is 1. The van der Waals surface area contributed by atoms with Gasteiger partial charge >= 0.3 is 0 Å². The van der Waals surface area contributed by atoms with Crippen molar-refractivity contribution in [3.8, 4) is 0 Å². The number of ether oxygens (including phenoxy) is 2. The van der Waals surface area contributed by atoms with Crippen molar-refractivity contribution in [3.63, 3.8) is 0 Å². The second kappa shape index (κ2) is 10.8. The largest absolute Gasteiger partial charge is 0.381 e. The Morgan fingerprint density at radius 1 is 1.18 bits per heavy atom. The monoisotopic (exact) mass is 311 g/mol. The van der Waals surface area contributed by atoms with E-state index in [1.54, 1.807) is 0 Å². The highest BCUT2D eigenvalue weighted by atomic mass is 16.5. The lowest BCUT2D eigenvalue weighted by atomic mass is 10.1. The van der Waals surface area contributed by atoms with Crippen molar-refractivity contribution in [1.29, 1.82) is 0 Å². The van der Waals surface area contributed by atoms with Gasteiger partial charge in [0.2, 0.25) is 0 Å². The average Bonchev–Trinajstić information content (AvgIpc) is 3.20. The standard InChI is InChI=1S/C17H33N3O2/c1-2-18-17(19-9-3-5-15-6-7-15)20-10-4-11-21-13-16-8-12-22-14-16/h15-16H,2-14H2,1H3,(H2,18,19,20). The molecule has 2 N–H and O–H groups in total. The highest BCUT2D eigenvalue weighted by Gasteiger charge is 2.20. The summed E-state index contributed by atoms with van der Waals surface area (Å²) >= 11 is 0. The van der Waals surface area contributed by atoms with Crippen LogP contribution in [-0.2, 0) is 9.47 Å². The minimum Gasteiger partial charge on any atom is -0.381 e. The van der Waals surface area contributed by atoms with Crippen molar-refractivity contribution >= 4 is 5.96 Å². The molecule has 5 nitrogen and oxygen atoms in total. The van der Waals surface area contributed by atoms with Gasteiger partial charge in [0.15, 0.2) is 5.96 Å². The van der Waals surface area contributed by atoms with E-state index < -0.39 is 0 Å². The lowest BCUT2D eigenvalue weighted by Crippen LogP contribution is -2.38. The quantitative estimate of drug-likeness (QED) is 0.349. The highest BCUT2D eigenvalue weighted by molar-refractivity contribution is 5.79. The smallest absolute Gasteiger partial charge is 0.191 e. The molecule has 0 aromatic heterocycles. The number of nitrogens with zero attached hydrogens (tertiary/aromatic N) is 1. The average molecular weight is 311 g/mol. The molecule has 22 heavy (non-hydrogen) atoms. The fraction of sp³-hybridized carbons (Fsp3) is 0.941. The molecule has 1 saturated heterocycles. The second-order valence-corrected chi connectivity index (χ2v) is 6.43. The maximum Gasteiger partial charge on any atom is 0.191 e. The SMILES string of the molecule is CCNC(=NCCCOCC1CCOC1)NCCCC1CC1. The van der Waals surface area contributed by atoms with Crippen LogP contribution < -0.4 is 10.6 Å². The molecule has 2 aliphatic rings. The van der Waals surface area contributed by atoms with Crippen LogP contribution in [0.1, 0.15) is 45.4 Å². The van der Waals surface area contributed by atoms with E-state index in [1.165, 1.54) is 25.7 Å². The zero-order chi connectivity index (χ0) is 15.5. The molecular weight excluding hydrogens is 278 g/mol. The van der Waals surface area contributed by atoms with Gasteiger partial charge in [0.1, 0.15) is 0 Å². The third-order valence-electron chi connectivity index (χ3n) is 4.22. The van der Waals surface area contributed by atoms with Gasteiger partial charge in [0.05, 0.1) is 13.2 Å². The molecule has 128 valence electrons. The molecule has 0 radical (unpaired) electrons. The van der Waals surface area contributed by atoms with Gasteiger partial charge in [0.25, 0.3) is 0 Å². The molecule has 1 saturated carbocycles. The van der Waals surface area contributed by atoms with Crippen LogP contribution >= 0.6 is 0 Å². The Kier molecular flexibility index (Phi) is 8.64. The molecule has 1 heterocycles. The lowest BCUT2D eigenvalue weighted by molar-refractivity contribution is 0.0893. The Labute approximate surface area is 135 Å². The zero-order valence-electron chi connectivity index (χ0n) is 14.1. The first-order valence-electron chi connectivity index (χ1n) is 9.06. The van der Waals surface area contributed by atoms with E-state index in [4.69, 9.17) is 9.47 Å². The summed E-state index contributed by atoms with van der Waals surface area (Å²) < 4.78 is 11.0. The van der Waals surface area contributed by atoms with Gasteiger partial charge in [-0.1, -0.05) is 12.8 Å². The number of hydrogen-bond acceptors (Lipinski definition) is 3. The molecule has 0 bridgehead atoms. The number of nitrogens with one attached hydrogen (secondary N) is 2. The van der Waals surface area contributed by atoms with E-state index in [0.717, 1.165) is 70.8 Å². The summed E-state index contributed by atoms with van der Waals surface area (Å²) in [5.41, 5.74) is 0. The van der Waals surface area contributed by atoms with Crippen LogP contribution in [0.3, 0.4) is 0 Å². The number of hydrogen-bond donors (Lipinski definition) is 2. The minimum absolute atomic E-state index is 0.606. The zero-order valence-corrected chi connectivity index (χ0v) is 14.1. The van der Waals surface area contributed by atoms with Crippen molar-refractivity contribution in [3.05, 3.63) is 0 Å². The summed E-state index contributed by atoms with van der Waals surface area (Å²) in [7, 11) is 0. The third-order valence-corrected chi connectivity index (χ3v) is 4.22. The summed E-state index contributed by atoms with van der Waals surface area (Å²) in [5, 5.41) is 6.72. The van der Waals surface area contributed by atoms with Gasteiger partial charge in [-0.3, -0.25) is 4.99 Å². The van der Waals surface area contributed by atoms with Crippen molar-refractivity contribution in [1.82, 2.24) is 10.6 Å². The molecule has 1 atom stereocenters. The van der Waals surface area contributed by atoms with E-state index >= 15 is 0 Å². The number of guanidine groups is 1. The van der Waals surface area contributed by atoms with Crippen LogP contribution in [0.2, 0.25) is 0 Å². The van der Waals surface area contributed by atoms with Gasteiger partial charge in [0, 0.05) is 38.8 Å². The van der Waals surface area contributed by atoms with Crippen molar-refractivity contribution in [2.45, 2.75) is 45.4 Å². The van der Waals surface area contributed by atoms with Crippen LogP contribution in [0.15, 0.2) is 4.99 Å². The van der Waals surface area contributed by atoms with Gasteiger partial charge in [-0.15, -0.1) is 0 Å². The molecular formula is C17H33N3O2. The van der Waals surface area contributed by atoms with Crippen LogP contribution in [-0.4, -0.2) is 52.0 Å². The van der Waals surface area contributed by atoms with Gasteiger partial charge in [-0.05, 0) is 38.5 Å². The molecule has 1 aliphatic carbocycles. The third kappa shape index (κ3) is 7.99. The maximum atomic E-state index is 5.70. The van der Waals surface area contributed by atoms with Crippen LogP contribution in [0.5, 0.6) is 0 Å². The molecule has 2 fully saturated rings. The topological polar surface area (TPSA) is 54.9 Å². The van der Waals surface area contributed by atoms with Crippen LogP contribution in [0.25, 0.3) is 0 Å². The van der Waals surface area contributed by atoms with E-state index in [-0.39, 0.29) is 0 Å². The Morgan fingerprint density at radius 2 is 2.09 bits per heavy atom. The molecule has 0 aromatic rings. The predicted octanol–water partition coefficient (Wildman–Crippen LogP) is 2.17. The molecule has 5 heteroatoms. The van der Waals surface area contributed by atoms with E-state index in [0.29, 0.717) is 5.92 Å². The van der Waals surface area contributed by atoms with E-state index in [9.17, 15) is 0 Å². The van der Waals surface area contributed by atoms with Crippen molar-refractivity contribution < 1.29 is 9.47 Å². The van der Waals surface area contributed by atoms with Crippen LogP contribution in [0.4, 0.5) is 0 Å². The first-order chi connectivity index (χ1) is 10.9. The van der Waals surface area contributed by atoms with Gasteiger partial charge < -0.3 is 20.1 Å². The molecule has 1 aliphatic heterocycles. The Balaban J connectivity index is 1.47. The molecule has 0 amide bonds. The second-order valence-electron chi connectivity index (χ2n) is 6.43. The van der Waals surface area contributed by atoms with Crippen LogP contribution in [0, 0.1) is 11.8 Å². The fourth-order valence-electron chi connectivity index (χ4n) is 2.67. The normalized spacial score (nSPS) is 22.0. The first kappa shape index (κ1) is 17.5. The predicted molar refractivity (Wildman–Crippen MR) is 90.3 cm³/mol. The fourth-order valence-corrected chi connectivity index (χ4v) is 2.67. The van der Waals surface area contributed by atoms with E-state index in [2.05, 4.69) is 22.5 Å². The van der Waals surface area contributed by atoms with Gasteiger partial charge in [-0.25, -0.2) is 0 Å². The molecule has 0 aromatic carbocycles. The maximum absolute atomic E-state index is 5.70. The Bertz CT molecular complexity index is 313. The highest BCUT2D eigenvalue weighted by Crippen LogP contribution is 2.33. The molecule has 1 unspecified atom stereocenters. The Hall–Kier alpha value is -0.810. The first-order valence-corrected chi connectivity index (χ1v) is 9.06. The summed E-state index contributed by atoms with van der Waals surface area (Å²) in [5.74, 6) is 2.57. The lowest BCUT2D eigenvalue weighted by Gasteiger charge is -2.11.